The Morgan fingerprint density at radius 1 is 1.30 bits per heavy atom. The van der Waals surface area contributed by atoms with Gasteiger partial charge in [-0.05, 0) is 56.6 Å². The van der Waals surface area contributed by atoms with Gasteiger partial charge in [0.05, 0.1) is 11.6 Å². The van der Waals surface area contributed by atoms with E-state index in [-0.39, 0.29) is 5.82 Å². The summed E-state index contributed by atoms with van der Waals surface area (Å²) in [5.74, 6) is -0.343. The van der Waals surface area contributed by atoms with Gasteiger partial charge in [0, 0.05) is 19.1 Å². The SMILES string of the molecule is CC(CNCc1cc(F)cc(C#N)c1)N1CCCCC1. The summed E-state index contributed by atoms with van der Waals surface area (Å²) in [5.41, 5.74) is 1.21. The molecule has 0 bridgehead atoms. The molecule has 1 N–H and O–H groups in total. The van der Waals surface area contributed by atoms with Crippen LogP contribution >= 0.6 is 0 Å². The number of benzene rings is 1. The minimum absolute atomic E-state index is 0.343. The maximum Gasteiger partial charge on any atom is 0.124 e. The van der Waals surface area contributed by atoms with Crippen LogP contribution in [0.3, 0.4) is 0 Å². The van der Waals surface area contributed by atoms with Crippen LogP contribution in [-0.2, 0) is 6.54 Å². The van der Waals surface area contributed by atoms with Crippen molar-refractivity contribution < 1.29 is 4.39 Å². The molecule has 0 aliphatic carbocycles. The van der Waals surface area contributed by atoms with Crippen molar-refractivity contribution in [3.63, 3.8) is 0 Å². The van der Waals surface area contributed by atoms with E-state index in [2.05, 4.69) is 17.1 Å². The molecule has 1 aliphatic rings. The molecule has 0 saturated carbocycles. The number of rotatable bonds is 5. The molecular weight excluding hydrogens is 253 g/mol. The number of hydrogen-bond acceptors (Lipinski definition) is 3. The van der Waals surface area contributed by atoms with E-state index in [1.165, 1.54) is 44.5 Å². The molecule has 0 amide bonds. The second kappa shape index (κ2) is 7.37. The van der Waals surface area contributed by atoms with Gasteiger partial charge in [0.15, 0.2) is 0 Å². The predicted octanol–water partition coefficient (Wildman–Crippen LogP) is 2.66. The van der Waals surface area contributed by atoms with Gasteiger partial charge in [-0.15, -0.1) is 0 Å². The summed E-state index contributed by atoms with van der Waals surface area (Å²) in [6.45, 7) is 6.08. The number of nitrogens with zero attached hydrogens (tertiary/aromatic N) is 2. The fourth-order valence-electron chi connectivity index (χ4n) is 2.73. The minimum Gasteiger partial charge on any atom is -0.311 e. The number of piperidine rings is 1. The van der Waals surface area contributed by atoms with E-state index >= 15 is 0 Å². The number of nitrogens with one attached hydrogen (secondary N) is 1. The molecule has 0 radical (unpaired) electrons. The molecule has 1 aliphatic heterocycles. The topological polar surface area (TPSA) is 39.1 Å². The van der Waals surface area contributed by atoms with Crippen LogP contribution in [0.25, 0.3) is 0 Å². The fraction of sp³-hybridized carbons (Fsp3) is 0.562. The summed E-state index contributed by atoms with van der Waals surface area (Å²) in [6.07, 6.45) is 3.93. The highest BCUT2D eigenvalue weighted by atomic mass is 19.1. The normalized spacial score (nSPS) is 17.6. The molecule has 2 rings (SSSR count). The zero-order chi connectivity index (χ0) is 14.4. The monoisotopic (exact) mass is 275 g/mol. The number of halogens is 1. The van der Waals surface area contributed by atoms with Crippen LogP contribution in [0.2, 0.25) is 0 Å². The molecule has 0 spiro atoms. The van der Waals surface area contributed by atoms with Gasteiger partial charge in [0.1, 0.15) is 5.82 Å². The first-order chi connectivity index (χ1) is 9.69. The maximum atomic E-state index is 13.3. The largest absolute Gasteiger partial charge is 0.311 e. The molecule has 1 aromatic rings. The predicted molar refractivity (Wildman–Crippen MR) is 77.7 cm³/mol. The molecule has 3 nitrogen and oxygen atoms in total. The molecule has 1 heterocycles. The molecule has 1 atom stereocenters. The fourth-order valence-corrected chi connectivity index (χ4v) is 2.73. The van der Waals surface area contributed by atoms with Crippen LogP contribution in [0.4, 0.5) is 4.39 Å². The Morgan fingerprint density at radius 2 is 2.05 bits per heavy atom. The van der Waals surface area contributed by atoms with Crippen LogP contribution in [0.5, 0.6) is 0 Å². The Kier molecular flexibility index (Phi) is 5.51. The van der Waals surface area contributed by atoms with E-state index in [1.807, 2.05) is 6.07 Å². The van der Waals surface area contributed by atoms with Gasteiger partial charge in [-0.3, -0.25) is 4.90 Å². The third-order valence-electron chi connectivity index (χ3n) is 3.87. The average molecular weight is 275 g/mol. The number of nitriles is 1. The first kappa shape index (κ1) is 15.0. The Labute approximate surface area is 120 Å². The van der Waals surface area contributed by atoms with Crippen molar-refractivity contribution >= 4 is 0 Å². The van der Waals surface area contributed by atoms with E-state index in [1.54, 1.807) is 6.07 Å². The summed E-state index contributed by atoms with van der Waals surface area (Å²) in [4.78, 5) is 2.50. The Hall–Kier alpha value is -1.44. The highest BCUT2D eigenvalue weighted by Crippen LogP contribution is 2.12. The van der Waals surface area contributed by atoms with Gasteiger partial charge in [0.2, 0.25) is 0 Å². The van der Waals surface area contributed by atoms with Gasteiger partial charge in [-0.25, -0.2) is 4.39 Å². The highest BCUT2D eigenvalue weighted by Gasteiger charge is 2.15. The third kappa shape index (κ3) is 4.29. The van der Waals surface area contributed by atoms with Crippen molar-refractivity contribution in [3.05, 3.63) is 35.1 Å². The van der Waals surface area contributed by atoms with Crippen LogP contribution in [0.1, 0.15) is 37.3 Å². The molecule has 1 unspecified atom stereocenters. The molecule has 1 saturated heterocycles. The first-order valence-corrected chi connectivity index (χ1v) is 7.33. The summed E-state index contributed by atoms with van der Waals surface area (Å²) in [5, 5.41) is 12.2. The lowest BCUT2D eigenvalue weighted by Gasteiger charge is -2.32. The van der Waals surface area contributed by atoms with Crippen molar-refractivity contribution in [1.82, 2.24) is 10.2 Å². The third-order valence-corrected chi connectivity index (χ3v) is 3.87. The van der Waals surface area contributed by atoms with Gasteiger partial charge in [-0.1, -0.05) is 6.42 Å². The van der Waals surface area contributed by atoms with Gasteiger partial charge in [-0.2, -0.15) is 5.26 Å². The van der Waals surface area contributed by atoms with E-state index < -0.39 is 0 Å². The lowest BCUT2D eigenvalue weighted by Crippen LogP contribution is -2.42. The van der Waals surface area contributed by atoms with E-state index in [9.17, 15) is 4.39 Å². The summed E-state index contributed by atoms with van der Waals surface area (Å²) in [7, 11) is 0. The summed E-state index contributed by atoms with van der Waals surface area (Å²) >= 11 is 0. The van der Waals surface area contributed by atoms with Crippen molar-refractivity contribution in [2.24, 2.45) is 0 Å². The molecular formula is C16H22FN3. The average Bonchev–Trinajstić information content (AvgIpc) is 2.47. The Morgan fingerprint density at radius 3 is 2.75 bits per heavy atom. The van der Waals surface area contributed by atoms with Crippen LogP contribution < -0.4 is 5.32 Å². The van der Waals surface area contributed by atoms with Gasteiger partial charge in [0.25, 0.3) is 0 Å². The standard InChI is InChI=1S/C16H22FN3/c1-13(20-5-3-2-4-6-20)11-19-12-15-7-14(10-18)8-16(17)9-15/h7-9,13,19H,2-6,11-12H2,1H3. The zero-order valence-electron chi connectivity index (χ0n) is 12.0. The highest BCUT2D eigenvalue weighted by molar-refractivity contribution is 5.33. The molecule has 20 heavy (non-hydrogen) atoms. The van der Waals surface area contributed by atoms with E-state index in [4.69, 9.17) is 5.26 Å². The quantitative estimate of drug-likeness (QED) is 0.898. The van der Waals surface area contributed by atoms with Gasteiger partial charge < -0.3 is 5.32 Å². The lowest BCUT2D eigenvalue weighted by molar-refractivity contribution is 0.170. The van der Waals surface area contributed by atoms with E-state index in [0.29, 0.717) is 18.2 Å². The van der Waals surface area contributed by atoms with E-state index in [0.717, 1.165) is 12.1 Å². The second-order valence-corrected chi connectivity index (χ2v) is 5.54. The lowest BCUT2D eigenvalue weighted by atomic mass is 10.1. The maximum absolute atomic E-state index is 13.3. The van der Waals surface area contributed by atoms with Crippen LogP contribution in [0.15, 0.2) is 18.2 Å². The molecule has 1 aromatic carbocycles. The smallest absolute Gasteiger partial charge is 0.124 e. The minimum atomic E-state index is -0.343. The van der Waals surface area contributed by atoms with Crippen molar-refractivity contribution in [3.8, 4) is 6.07 Å². The number of hydrogen-bond donors (Lipinski definition) is 1. The van der Waals surface area contributed by atoms with Crippen molar-refractivity contribution in [2.45, 2.75) is 38.8 Å². The Bertz CT molecular complexity index is 475. The molecule has 1 fully saturated rings. The second-order valence-electron chi connectivity index (χ2n) is 5.54. The van der Waals surface area contributed by atoms with Gasteiger partial charge >= 0.3 is 0 Å². The van der Waals surface area contributed by atoms with Crippen LogP contribution in [0, 0.1) is 17.1 Å². The number of likely N-dealkylation sites (tertiary alicyclic amines) is 1. The van der Waals surface area contributed by atoms with Crippen molar-refractivity contribution in [1.29, 1.82) is 5.26 Å². The summed E-state index contributed by atoms with van der Waals surface area (Å²) < 4.78 is 13.3. The van der Waals surface area contributed by atoms with Crippen molar-refractivity contribution in [2.75, 3.05) is 19.6 Å². The molecule has 0 aromatic heterocycles. The summed E-state index contributed by atoms with van der Waals surface area (Å²) in [6, 6.07) is 6.97. The molecule has 108 valence electrons. The zero-order valence-corrected chi connectivity index (χ0v) is 12.0. The first-order valence-electron chi connectivity index (χ1n) is 7.33. The molecule has 4 heteroatoms. The Balaban J connectivity index is 1.80. The van der Waals surface area contributed by atoms with Crippen LogP contribution in [-0.4, -0.2) is 30.6 Å².